The lowest BCUT2D eigenvalue weighted by atomic mass is 9.85. The Bertz CT molecular complexity index is 1430. The predicted octanol–water partition coefficient (Wildman–Crippen LogP) is 4.20. The number of fused-ring (bicyclic) bond motifs is 1. The van der Waals surface area contributed by atoms with E-state index in [-0.39, 0.29) is 0 Å². The number of nitrogen functional groups attached to an aromatic ring is 1. The zero-order valence-corrected chi connectivity index (χ0v) is 19.0. The molecule has 0 amide bonds. The third-order valence-corrected chi connectivity index (χ3v) is 6.43. The molecule has 2 aromatic carbocycles. The molecule has 0 radical (unpaired) electrons. The van der Waals surface area contributed by atoms with E-state index in [2.05, 4.69) is 14.1 Å². The van der Waals surface area contributed by atoms with Gasteiger partial charge >= 0.3 is 0 Å². The molecule has 9 heteroatoms. The molecule has 1 aliphatic carbocycles. The predicted molar refractivity (Wildman–Crippen MR) is 129 cm³/mol. The highest BCUT2D eigenvalue weighted by Gasteiger charge is 2.26. The van der Waals surface area contributed by atoms with E-state index in [9.17, 15) is 8.42 Å². The number of sulfonamides is 1. The molecule has 0 unspecified atom stereocenters. The van der Waals surface area contributed by atoms with Crippen molar-refractivity contribution in [1.29, 1.82) is 0 Å². The number of imidazole rings is 1. The van der Waals surface area contributed by atoms with E-state index in [0.29, 0.717) is 29.8 Å². The number of rotatable bonds is 7. The molecule has 3 N–H and O–H groups in total. The molecule has 0 bridgehead atoms. The Hall–Kier alpha value is -3.59. The first-order valence-electron chi connectivity index (χ1n) is 10.8. The molecule has 2 aromatic heterocycles. The Kier molecular flexibility index (Phi) is 5.41. The van der Waals surface area contributed by atoms with Crippen molar-refractivity contribution in [3.05, 3.63) is 72.3 Å². The summed E-state index contributed by atoms with van der Waals surface area (Å²) in [6.45, 7) is 0.295. The molecule has 33 heavy (non-hydrogen) atoms. The standard InChI is InChI=1S/C24H25N5O3S/c1-33(30,31)28-19-9-2-5-16(13-19)15-32-20-10-4-8-18(14-20)21-22-23(25)26-11-12-29(22)24(27-21)17-6-3-7-17/h2,4-5,8-14,17,28H,3,6-7,15H2,1H3,(H2,25,26). The summed E-state index contributed by atoms with van der Waals surface area (Å²) in [4.78, 5) is 9.25. The SMILES string of the molecule is CS(=O)(=O)Nc1cccc(COc2cccc(-c3nc(C4CCC4)n4ccnc(N)c34)c2)c1. The zero-order chi connectivity index (χ0) is 23.0. The molecule has 0 saturated heterocycles. The van der Waals surface area contributed by atoms with Crippen LogP contribution in [0.2, 0.25) is 0 Å². The van der Waals surface area contributed by atoms with Crippen LogP contribution < -0.4 is 15.2 Å². The van der Waals surface area contributed by atoms with E-state index < -0.39 is 10.0 Å². The van der Waals surface area contributed by atoms with Gasteiger partial charge in [-0.05, 0) is 42.7 Å². The van der Waals surface area contributed by atoms with Crippen LogP contribution in [-0.2, 0) is 16.6 Å². The Morgan fingerprint density at radius 1 is 1.18 bits per heavy atom. The molecule has 1 fully saturated rings. The quantitative estimate of drug-likeness (QED) is 0.425. The number of hydrogen-bond donors (Lipinski definition) is 2. The van der Waals surface area contributed by atoms with Gasteiger partial charge in [0, 0.05) is 29.6 Å². The zero-order valence-electron chi connectivity index (χ0n) is 18.2. The number of nitrogens with one attached hydrogen (secondary N) is 1. The lowest BCUT2D eigenvalue weighted by Gasteiger charge is -2.23. The van der Waals surface area contributed by atoms with Gasteiger partial charge in [0.15, 0.2) is 0 Å². The summed E-state index contributed by atoms with van der Waals surface area (Å²) in [6.07, 6.45) is 8.25. The summed E-state index contributed by atoms with van der Waals surface area (Å²) in [5.74, 6) is 2.61. The number of benzene rings is 2. The van der Waals surface area contributed by atoms with Crippen molar-refractivity contribution in [3.8, 4) is 17.0 Å². The second-order valence-corrected chi connectivity index (χ2v) is 10.1. The number of hydrogen-bond acceptors (Lipinski definition) is 6. The van der Waals surface area contributed by atoms with Gasteiger partial charge < -0.3 is 10.5 Å². The van der Waals surface area contributed by atoms with E-state index >= 15 is 0 Å². The minimum atomic E-state index is -3.34. The highest BCUT2D eigenvalue weighted by molar-refractivity contribution is 7.92. The minimum Gasteiger partial charge on any atom is -0.489 e. The maximum absolute atomic E-state index is 11.5. The van der Waals surface area contributed by atoms with Crippen molar-refractivity contribution in [1.82, 2.24) is 14.4 Å². The van der Waals surface area contributed by atoms with Crippen LogP contribution in [0.1, 0.15) is 36.6 Å². The van der Waals surface area contributed by atoms with Crippen LogP contribution in [0, 0.1) is 0 Å². The summed E-state index contributed by atoms with van der Waals surface area (Å²) in [7, 11) is -3.34. The van der Waals surface area contributed by atoms with Crippen LogP contribution in [0.3, 0.4) is 0 Å². The number of nitrogens with two attached hydrogens (primary N) is 1. The molecule has 1 aliphatic rings. The van der Waals surface area contributed by atoms with Crippen LogP contribution in [0.15, 0.2) is 60.9 Å². The molecular weight excluding hydrogens is 438 g/mol. The summed E-state index contributed by atoms with van der Waals surface area (Å²) >= 11 is 0. The average molecular weight is 464 g/mol. The first kappa shape index (κ1) is 21.3. The van der Waals surface area contributed by atoms with Crippen molar-refractivity contribution < 1.29 is 13.2 Å². The maximum Gasteiger partial charge on any atom is 0.229 e. The van der Waals surface area contributed by atoms with Gasteiger partial charge in [0.1, 0.15) is 35.2 Å². The average Bonchev–Trinajstić information content (AvgIpc) is 3.11. The first-order chi connectivity index (χ1) is 15.9. The van der Waals surface area contributed by atoms with Crippen molar-refractivity contribution >= 4 is 27.0 Å². The van der Waals surface area contributed by atoms with Gasteiger partial charge in [-0.15, -0.1) is 0 Å². The van der Waals surface area contributed by atoms with Gasteiger partial charge in [-0.3, -0.25) is 9.12 Å². The highest BCUT2D eigenvalue weighted by atomic mass is 32.2. The van der Waals surface area contributed by atoms with Crippen LogP contribution >= 0.6 is 0 Å². The Balaban J connectivity index is 1.42. The number of nitrogens with zero attached hydrogens (tertiary/aromatic N) is 3. The molecule has 0 spiro atoms. The van der Waals surface area contributed by atoms with E-state index in [1.54, 1.807) is 24.4 Å². The molecule has 0 atom stereocenters. The van der Waals surface area contributed by atoms with Gasteiger partial charge in [-0.25, -0.2) is 18.4 Å². The van der Waals surface area contributed by atoms with E-state index in [1.165, 1.54) is 6.42 Å². The molecule has 0 aliphatic heterocycles. The Labute approximate surface area is 192 Å². The summed E-state index contributed by atoms with van der Waals surface area (Å²) in [6, 6.07) is 14.9. The van der Waals surface area contributed by atoms with Crippen LogP contribution in [-0.4, -0.2) is 29.0 Å². The van der Waals surface area contributed by atoms with Crippen molar-refractivity contribution in [3.63, 3.8) is 0 Å². The molecule has 1 saturated carbocycles. The molecule has 170 valence electrons. The third-order valence-electron chi connectivity index (χ3n) is 5.82. The largest absolute Gasteiger partial charge is 0.489 e. The van der Waals surface area contributed by atoms with Gasteiger partial charge in [0.05, 0.1) is 6.26 Å². The minimum absolute atomic E-state index is 0.295. The number of anilines is 2. The molecule has 8 nitrogen and oxygen atoms in total. The fourth-order valence-electron chi connectivity index (χ4n) is 4.08. The normalized spacial score (nSPS) is 14.2. The molecule has 2 heterocycles. The van der Waals surface area contributed by atoms with E-state index in [0.717, 1.165) is 47.3 Å². The summed E-state index contributed by atoms with van der Waals surface area (Å²) in [5, 5.41) is 0. The van der Waals surface area contributed by atoms with Crippen molar-refractivity contribution in [2.45, 2.75) is 31.8 Å². The van der Waals surface area contributed by atoms with Crippen molar-refractivity contribution in [2.75, 3.05) is 16.7 Å². The number of ether oxygens (including phenoxy) is 1. The summed E-state index contributed by atoms with van der Waals surface area (Å²) in [5.41, 5.74) is 10.1. The first-order valence-corrected chi connectivity index (χ1v) is 12.7. The Morgan fingerprint density at radius 3 is 2.76 bits per heavy atom. The van der Waals surface area contributed by atoms with Gasteiger partial charge in [0.2, 0.25) is 10.0 Å². The fraction of sp³-hybridized carbons (Fsp3) is 0.250. The monoisotopic (exact) mass is 463 g/mol. The van der Waals surface area contributed by atoms with Crippen LogP contribution in [0.25, 0.3) is 16.8 Å². The molecular formula is C24H25N5O3S. The third kappa shape index (κ3) is 4.49. The number of aromatic nitrogens is 3. The van der Waals surface area contributed by atoms with Crippen molar-refractivity contribution in [2.24, 2.45) is 0 Å². The maximum atomic E-state index is 11.5. The topological polar surface area (TPSA) is 112 Å². The van der Waals surface area contributed by atoms with E-state index in [1.807, 2.05) is 36.5 Å². The van der Waals surface area contributed by atoms with Gasteiger partial charge in [0.25, 0.3) is 0 Å². The second kappa shape index (κ2) is 8.40. The van der Waals surface area contributed by atoms with Gasteiger partial charge in [-0.1, -0.05) is 30.7 Å². The smallest absolute Gasteiger partial charge is 0.229 e. The van der Waals surface area contributed by atoms with Crippen LogP contribution in [0.4, 0.5) is 11.5 Å². The second-order valence-electron chi connectivity index (χ2n) is 8.37. The highest BCUT2D eigenvalue weighted by Crippen LogP contribution is 2.39. The van der Waals surface area contributed by atoms with Crippen LogP contribution in [0.5, 0.6) is 5.75 Å². The molecule has 4 aromatic rings. The lowest BCUT2D eigenvalue weighted by Crippen LogP contribution is -2.12. The van der Waals surface area contributed by atoms with E-state index in [4.69, 9.17) is 15.5 Å². The fourth-order valence-corrected chi connectivity index (χ4v) is 4.64. The Morgan fingerprint density at radius 2 is 2.00 bits per heavy atom. The molecule has 5 rings (SSSR count). The van der Waals surface area contributed by atoms with Gasteiger partial charge in [-0.2, -0.15) is 0 Å². The lowest BCUT2D eigenvalue weighted by molar-refractivity contribution is 0.306. The summed E-state index contributed by atoms with van der Waals surface area (Å²) < 4.78 is 33.5.